The minimum absolute atomic E-state index is 0.119. The highest BCUT2D eigenvalue weighted by Gasteiger charge is 2.36. The zero-order chi connectivity index (χ0) is 14.9. The molecule has 0 rings (SSSR count). The third kappa shape index (κ3) is 6.12. The topological polar surface area (TPSA) is 114 Å². The summed E-state index contributed by atoms with van der Waals surface area (Å²) in [5.41, 5.74) is 0. The van der Waals surface area contributed by atoms with Gasteiger partial charge in [0.1, 0.15) is 0 Å². The maximum atomic E-state index is 10.6. The van der Waals surface area contributed by atoms with E-state index in [0.29, 0.717) is 19.0 Å². The molecule has 0 radical (unpaired) electrons. The molecule has 0 aliphatic carbocycles. The van der Waals surface area contributed by atoms with Crippen LogP contribution in [0.3, 0.4) is 0 Å². The summed E-state index contributed by atoms with van der Waals surface area (Å²) in [5.74, 6) is -4.14. The van der Waals surface area contributed by atoms with E-state index in [0.717, 1.165) is 0 Å². The highest BCUT2D eigenvalue weighted by Crippen LogP contribution is 2.14. The zero-order valence-electron chi connectivity index (χ0n) is 11.3. The van der Waals surface area contributed by atoms with Crippen molar-refractivity contribution in [2.75, 3.05) is 34.4 Å². The Morgan fingerprint density at radius 1 is 1.11 bits per heavy atom. The summed E-state index contributed by atoms with van der Waals surface area (Å²) in [6.45, 7) is 0.341. The summed E-state index contributed by atoms with van der Waals surface area (Å²) in [4.78, 5) is 21.3. The number of hydrogen-bond donors (Lipinski definition) is 3. The van der Waals surface area contributed by atoms with Crippen molar-refractivity contribution in [3.63, 3.8) is 0 Å². The van der Waals surface area contributed by atoms with Crippen LogP contribution in [-0.4, -0.2) is 65.4 Å². The van der Waals surface area contributed by atoms with Crippen molar-refractivity contribution in [1.29, 1.82) is 0 Å². The summed E-state index contributed by atoms with van der Waals surface area (Å²) in [5, 5.41) is 20.1. The molecule has 0 amide bonds. The molecule has 0 saturated carbocycles. The van der Waals surface area contributed by atoms with Gasteiger partial charge in [0.25, 0.3) is 0 Å². The average molecular weight is 295 g/mol. The Morgan fingerprint density at radius 3 is 1.95 bits per heavy atom. The average Bonchev–Trinajstić information content (AvgIpc) is 2.38. The predicted molar refractivity (Wildman–Crippen MR) is 67.8 cm³/mol. The normalized spacial score (nSPS) is 11.8. The molecular weight excluding hydrogens is 274 g/mol. The summed E-state index contributed by atoms with van der Waals surface area (Å²) in [6.07, 6.45) is 0.633. The first-order valence-corrected chi connectivity index (χ1v) is 7.67. The smallest absolute Gasteiger partial charge is 0.481 e. The van der Waals surface area contributed by atoms with Gasteiger partial charge in [-0.1, -0.05) is 0 Å². The van der Waals surface area contributed by atoms with Gasteiger partial charge in [0.05, 0.1) is 0 Å². The number of aliphatic carboxylic acids is 2. The standard InChI is InChI=1S/C10H21NO7Si/c1-16-19(17-2,18-3)6-4-5-11-7-8(9(12)13)10(14)15/h8,11H,4-7H2,1-3H3,(H,12,13)(H,14,15). The van der Waals surface area contributed by atoms with Gasteiger partial charge < -0.3 is 28.8 Å². The predicted octanol–water partition coefficient (Wildman–Crippen LogP) is -0.370. The number of carboxylic acid groups (broad SMARTS) is 2. The highest BCUT2D eigenvalue weighted by atomic mass is 28.4. The van der Waals surface area contributed by atoms with Gasteiger partial charge >= 0.3 is 20.7 Å². The molecular formula is C10H21NO7Si. The molecule has 0 unspecified atom stereocenters. The fraction of sp³-hybridized carbons (Fsp3) is 0.800. The van der Waals surface area contributed by atoms with Gasteiger partial charge in [-0.2, -0.15) is 0 Å². The van der Waals surface area contributed by atoms with Crippen LogP contribution in [0.2, 0.25) is 6.04 Å². The minimum Gasteiger partial charge on any atom is -0.481 e. The Labute approximate surface area is 113 Å². The molecule has 0 aromatic carbocycles. The van der Waals surface area contributed by atoms with E-state index in [1.165, 1.54) is 21.3 Å². The molecule has 0 aliphatic rings. The summed E-state index contributed by atoms with van der Waals surface area (Å²) in [6, 6.07) is 0.564. The van der Waals surface area contributed by atoms with Gasteiger partial charge in [0.15, 0.2) is 5.92 Å². The van der Waals surface area contributed by atoms with Gasteiger partial charge in [0.2, 0.25) is 0 Å². The third-order valence-electron chi connectivity index (χ3n) is 2.71. The molecule has 19 heavy (non-hydrogen) atoms. The lowest BCUT2D eigenvalue weighted by molar-refractivity contribution is -0.154. The molecule has 0 fully saturated rings. The molecule has 8 nitrogen and oxygen atoms in total. The zero-order valence-corrected chi connectivity index (χ0v) is 12.3. The highest BCUT2D eigenvalue weighted by molar-refractivity contribution is 6.60. The van der Waals surface area contributed by atoms with Crippen LogP contribution in [0.25, 0.3) is 0 Å². The van der Waals surface area contributed by atoms with E-state index in [1.807, 2.05) is 0 Å². The molecule has 0 saturated heterocycles. The fourth-order valence-corrected chi connectivity index (χ4v) is 3.23. The molecule has 0 spiro atoms. The fourth-order valence-electron chi connectivity index (χ4n) is 1.51. The van der Waals surface area contributed by atoms with Crippen LogP contribution in [0.1, 0.15) is 6.42 Å². The van der Waals surface area contributed by atoms with Crippen molar-refractivity contribution in [3.05, 3.63) is 0 Å². The lowest BCUT2D eigenvalue weighted by Crippen LogP contribution is -2.43. The van der Waals surface area contributed by atoms with Crippen LogP contribution < -0.4 is 5.32 Å². The molecule has 9 heteroatoms. The first-order valence-electron chi connectivity index (χ1n) is 5.74. The molecule has 0 bridgehead atoms. The molecule has 0 atom stereocenters. The Hall–Kier alpha value is -1.00. The van der Waals surface area contributed by atoms with Gasteiger partial charge in [-0.05, 0) is 13.0 Å². The minimum atomic E-state index is -2.61. The quantitative estimate of drug-likeness (QED) is 0.269. The van der Waals surface area contributed by atoms with Crippen LogP contribution in [-0.2, 0) is 22.9 Å². The lowest BCUT2D eigenvalue weighted by atomic mass is 10.1. The second-order valence-corrected chi connectivity index (χ2v) is 6.92. The molecule has 0 heterocycles. The summed E-state index contributed by atoms with van der Waals surface area (Å²) in [7, 11) is 1.92. The van der Waals surface area contributed by atoms with Crippen molar-refractivity contribution < 1.29 is 33.1 Å². The van der Waals surface area contributed by atoms with E-state index in [1.54, 1.807) is 0 Å². The van der Waals surface area contributed by atoms with E-state index < -0.39 is 26.7 Å². The number of hydrogen-bond acceptors (Lipinski definition) is 6. The number of rotatable bonds is 11. The van der Waals surface area contributed by atoms with E-state index in [-0.39, 0.29) is 6.54 Å². The second-order valence-electron chi connectivity index (χ2n) is 3.83. The van der Waals surface area contributed by atoms with Crippen LogP contribution in [0, 0.1) is 5.92 Å². The largest absolute Gasteiger partial charge is 0.500 e. The van der Waals surface area contributed by atoms with Crippen molar-refractivity contribution in [2.45, 2.75) is 12.5 Å². The lowest BCUT2D eigenvalue weighted by Gasteiger charge is -2.24. The SMILES string of the molecule is CO[Si](CCCNCC(C(=O)O)C(=O)O)(OC)OC. The van der Waals surface area contributed by atoms with E-state index in [4.69, 9.17) is 23.5 Å². The maximum absolute atomic E-state index is 10.6. The van der Waals surface area contributed by atoms with Crippen molar-refractivity contribution in [1.82, 2.24) is 5.32 Å². The Balaban J connectivity index is 3.98. The number of carboxylic acids is 2. The summed E-state index contributed by atoms with van der Waals surface area (Å²) >= 11 is 0. The molecule has 112 valence electrons. The molecule has 0 aromatic heterocycles. The molecule has 0 aliphatic heterocycles. The van der Waals surface area contributed by atoms with Gasteiger partial charge in [-0.3, -0.25) is 9.59 Å². The number of carbonyl (C=O) groups is 2. The van der Waals surface area contributed by atoms with E-state index >= 15 is 0 Å². The second kappa shape index (κ2) is 8.99. The number of nitrogens with one attached hydrogen (secondary N) is 1. The van der Waals surface area contributed by atoms with Gasteiger partial charge in [0, 0.05) is 33.9 Å². The Morgan fingerprint density at radius 2 is 1.58 bits per heavy atom. The van der Waals surface area contributed by atoms with Crippen molar-refractivity contribution >= 4 is 20.7 Å². The molecule has 0 aromatic rings. The van der Waals surface area contributed by atoms with Crippen LogP contribution >= 0.6 is 0 Å². The summed E-state index contributed by atoms with van der Waals surface area (Å²) < 4.78 is 15.7. The Bertz CT molecular complexity index is 273. The third-order valence-corrected chi connectivity index (χ3v) is 5.55. The Kier molecular flexibility index (Phi) is 8.51. The van der Waals surface area contributed by atoms with Crippen molar-refractivity contribution in [3.8, 4) is 0 Å². The van der Waals surface area contributed by atoms with E-state index in [2.05, 4.69) is 5.32 Å². The first-order chi connectivity index (χ1) is 8.92. The molecule has 3 N–H and O–H groups in total. The van der Waals surface area contributed by atoms with Gasteiger partial charge in [-0.15, -0.1) is 0 Å². The monoisotopic (exact) mass is 295 g/mol. The van der Waals surface area contributed by atoms with Crippen LogP contribution in [0.4, 0.5) is 0 Å². The van der Waals surface area contributed by atoms with Gasteiger partial charge in [-0.25, -0.2) is 0 Å². The van der Waals surface area contributed by atoms with E-state index in [9.17, 15) is 9.59 Å². The van der Waals surface area contributed by atoms with Crippen LogP contribution in [0.5, 0.6) is 0 Å². The van der Waals surface area contributed by atoms with Crippen LogP contribution in [0.15, 0.2) is 0 Å². The maximum Gasteiger partial charge on any atom is 0.500 e. The first kappa shape index (κ1) is 18.0. The van der Waals surface area contributed by atoms with Crippen molar-refractivity contribution in [2.24, 2.45) is 5.92 Å².